The summed E-state index contributed by atoms with van der Waals surface area (Å²) in [4.78, 5) is 24.5. The normalized spacial score (nSPS) is 11.4. The Balaban J connectivity index is 1.55. The van der Waals surface area contributed by atoms with Crippen LogP contribution in [0.2, 0.25) is 0 Å². The minimum absolute atomic E-state index is 0.113. The van der Waals surface area contributed by atoms with E-state index in [0.29, 0.717) is 16.9 Å². The Morgan fingerprint density at radius 3 is 1.76 bits per heavy atom. The largest absolute Gasteiger partial charge is 0.491 e. The van der Waals surface area contributed by atoms with Crippen molar-refractivity contribution in [2.24, 2.45) is 0 Å². The summed E-state index contributed by atoms with van der Waals surface area (Å²) >= 11 is 0. The molecule has 0 saturated heterocycles. The molecule has 0 aromatic heterocycles. The number of benzene rings is 3. The monoisotopic (exact) mass is 388 g/mol. The Bertz CT molecular complexity index is 952. The first kappa shape index (κ1) is 20.1. The SMILES string of the molecule is CCC(C)Oc1ccc(C(=O)NNC(=O)c2ccc(-c3ccccc3)cc2)cc1. The van der Waals surface area contributed by atoms with Crippen LogP contribution in [0.5, 0.6) is 5.75 Å². The van der Waals surface area contributed by atoms with Gasteiger partial charge in [-0.15, -0.1) is 0 Å². The Kier molecular flexibility index (Phi) is 6.63. The van der Waals surface area contributed by atoms with Gasteiger partial charge in [-0.2, -0.15) is 0 Å². The van der Waals surface area contributed by atoms with E-state index in [-0.39, 0.29) is 12.0 Å². The molecule has 0 bridgehead atoms. The molecular weight excluding hydrogens is 364 g/mol. The summed E-state index contributed by atoms with van der Waals surface area (Å²) in [7, 11) is 0. The molecule has 148 valence electrons. The van der Waals surface area contributed by atoms with Crippen LogP contribution in [0.3, 0.4) is 0 Å². The topological polar surface area (TPSA) is 67.4 Å². The number of amides is 2. The van der Waals surface area contributed by atoms with Crippen LogP contribution in [0.1, 0.15) is 41.0 Å². The maximum absolute atomic E-state index is 12.3. The highest BCUT2D eigenvalue weighted by Gasteiger charge is 2.10. The van der Waals surface area contributed by atoms with Crippen molar-refractivity contribution in [2.75, 3.05) is 0 Å². The molecule has 0 heterocycles. The molecule has 1 atom stereocenters. The van der Waals surface area contributed by atoms with Crippen molar-refractivity contribution in [1.82, 2.24) is 10.9 Å². The number of carbonyl (C=O) groups excluding carboxylic acids is 2. The molecule has 0 aliphatic rings. The molecule has 3 aromatic rings. The predicted octanol–water partition coefficient (Wildman–Crippen LogP) is 4.61. The molecule has 0 spiro atoms. The molecule has 2 amide bonds. The molecule has 1 unspecified atom stereocenters. The molecule has 0 aliphatic carbocycles. The van der Waals surface area contributed by atoms with Gasteiger partial charge in [-0.3, -0.25) is 20.4 Å². The quantitative estimate of drug-likeness (QED) is 0.606. The van der Waals surface area contributed by atoms with E-state index in [9.17, 15) is 9.59 Å². The smallest absolute Gasteiger partial charge is 0.269 e. The highest BCUT2D eigenvalue weighted by Crippen LogP contribution is 2.19. The lowest BCUT2D eigenvalue weighted by Gasteiger charge is -2.13. The average Bonchev–Trinajstić information content (AvgIpc) is 2.78. The van der Waals surface area contributed by atoms with Gasteiger partial charge >= 0.3 is 0 Å². The van der Waals surface area contributed by atoms with Crippen molar-refractivity contribution in [3.8, 4) is 16.9 Å². The summed E-state index contributed by atoms with van der Waals surface area (Å²) in [6.07, 6.45) is 1.02. The molecule has 0 aliphatic heterocycles. The lowest BCUT2D eigenvalue weighted by atomic mass is 10.0. The van der Waals surface area contributed by atoms with Crippen LogP contribution >= 0.6 is 0 Å². The second-order valence-corrected chi connectivity index (χ2v) is 6.71. The standard InChI is InChI=1S/C24H24N2O3/c1-3-17(2)29-22-15-13-21(14-16-22)24(28)26-25-23(27)20-11-9-19(10-12-20)18-7-5-4-6-8-18/h4-17H,3H2,1-2H3,(H,25,27)(H,26,28). The maximum Gasteiger partial charge on any atom is 0.269 e. The van der Waals surface area contributed by atoms with E-state index in [1.165, 1.54) is 0 Å². The zero-order valence-electron chi connectivity index (χ0n) is 16.5. The Labute approximate surface area is 170 Å². The summed E-state index contributed by atoms with van der Waals surface area (Å²) < 4.78 is 5.69. The van der Waals surface area contributed by atoms with Crippen LogP contribution in [-0.2, 0) is 0 Å². The fraction of sp³-hybridized carbons (Fsp3) is 0.167. The van der Waals surface area contributed by atoms with Crippen LogP contribution in [-0.4, -0.2) is 17.9 Å². The third-order valence-electron chi connectivity index (χ3n) is 4.57. The summed E-state index contributed by atoms with van der Waals surface area (Å²) in [5.41, 5.74) is 7.87. The van der Waals surface area contributed by atoms with Crippen molar-refractivity contribution in [1.29, 1.82) is 0 Å². The summed E-state index contributed by atoms with van der Waals surface area (Å²) in [6, 6.07) is 23.9. The number of hydrogen-bond acceptors (Lipinski definition) is 3. The van der Waals surface area contributed by atoms with Crippen molar-refractivity contribution in [3.63, 3.8) is 0 Å². The number of nitrogens with one attached hydrogen (secondary N) is 2. The second kappa shape index (κ2) is 9.55. The summed E-state index contributed by atoms with van der Waals surface area (Å²) in [5, 5.41) is 0. The molecule has 0 saturated carbocycles. The first-order valence-corrected chi connectivity index (χ1v) is 9.59. The van der Waals surface area contributed by atoms with Gasteiger partial charge in [0.15, 0.2) is 0 Å². The third-order valence-corrected chi connectivity index (χ3v) is 4.57. The van der Waals surface area contributed by atoms with Gasteiger partial charge in [0, 0.05) is 11.1 Å². The van der Waals surface area contributed by atoms with E-state index >= 15 is 0 Å². The zero-order chi connectivity index (χ0) is 20.6. The first-order valence-electron chi connectivity index (χ1n) is 9.59. The van der Waals surface area contributed by atoms with E-state index < -0.39 is 5.91 Å². The fourth-order valence-corrected chi connectivity index (χ4v) is 2.70. The molecule has 0 fully saturated rings. The molecule has 29 heavy (non-hydrogen) atoms. The average molecular weight is 388 g/mol. The van der Waals surface area contributed by atoms with Crippen molar-refractivity contribution < 1.29 is 14.3 Å². The van der Waals surface area contributed by atoms with Crippen LogP contribution in [0.25, 0.3) is 11.1 Å². The Morgan fingerprint density at radius 1 is 0.759 bits per heavy atom. The van der Waals surface area contributed by atoms with Gasteiger partial charge in [-0.25, -0.2) is 0 Å². The van der Waals surface area contributed by atoms with E-state index in [0.717, 1.165) is 17.5 Å². The number of rotatable bonds is 6. The van der Waals surface area contributed by atoms with Gasteiger partial charge in [0.25, 0.3) is 11.8 Å². The van der Waals surface area contributed by atoms with Crippen molar-refractivity contribution in [3.05, 3.63) is 90.0 Å². The van der Waals surface area contributed by atoms with Gasteiger partial charge in [-0.1, -0.05) is 49.4 Å². The first-order chi connectivity index (χ1) is 14.1. The van der Waals surface area contributed by atoms with Crippen LogP contribution < -0.4 is 15.6 Å². The number of carbonyl (C=O) groups is 2. The number of hydrazine groups is 1. The molecule has 3 aromatic carbocycles. The Morgan fingerprint density at radius 2 is 1.24 bits per heavy atom. The van der Waals surface area contributed by atoms with Gasteiger partial charge < -0.3 is 4.74 Å². The molecule has 3 rings (SSSR count). The van der Waals surface area contributed by atoms with E-state index in [1.54, 1.807) is 36.4 Å². The minimum Gasteiger partial charge on any atom is -0.491 e. The second-order valence-electron chi connectivity index (χ2n) is 6.71. The van der Waals surface area contributed by atoms with Gasteiger partial charge in [0.1, 0.15) is 5.75 Å². The summed E-state index contributed by atoms with van der Waals surface area (Å²) in [5.74, 6) is -0.0672. The van der Waals surface area contributed by atoms with Crippen LogP contribution in [0.4, 0.5) is 0 Å². The predicted molar refractivity (Wildman–Crippen MR) is 114 cm³/mol. The maximum atomic E-state index is 12.3. The fourth-order valence-electron chi connectivity index (χ4n) is 2.70. The molecule has 5 heteroatoms. The molecule has 2 N–H and O–H groups in total. The van der Waals surface area contributed by atoms with Gasteiger partial charge in [-0.05, 0) is 60.9 Å². The van der Waals surface area contributed by atoms with Gasteiger partial charge in [0.05, 0.1) is 6.10 Å². The van der Waals surface area contributed by atoms with Crippen LogP contribution in [0.15, 0.2) is 78.9 Å². The summed E-state index contributed by atoms with van der Waals surface area (Å²) in [6.45, 7) is 4.03. The molecule has 5 nitrogen and oxygen atoms in total. The molecular formula is C24H24N2O3. The van der Waals surface area contributed by atoms with E-state index in [1.807, 2.05) is 56.3 Å². The zero-order valence-corrected chi connectivity index (χ0v) is 16.5. The highest BCUT2D eigenvalue weighted by molar-refractivity contribution is 5.99. The number of hydrogen-bond donors (Lipinski definition) is 2. The van der Waals surface area contributed by atoms with E-state index in [2.05, 4.69) is 10.9 Å². The van der Waals surface area contributed by atoms with Crippen LogP contribution in [0, 0.1) is 0 Å². The van der Waals surface area contributed by atoms with E-state index in [4.69, 9.17) is 4.74 Å². The highest BCUT2D eigenvalue weighted by atomic mass is 16.5. The lowest BCUT2D eigenvalue weighted by molar-refractivity contribution is 0.0846. The minimum atomic E-state index is -0.394. The van der Waals surface area contributed by atoms with Crippen molar-refractivity contribution in [2.45, 2.75) is 26.4 Å². The van der Waals surface area contributed by atoms with Crippen molar-refractivity contribution >= 4 is 11.8 Å². The molecule has 0 radical (unpaired) electrons. The Hall–Kier alpha value is -3.60. The number of ether oxygens (including phenoxy) is 1. The third kappa shape index (κ3) is 5.45. The van der Waals surface area contributed by atoms with Gasteiger partial charge in [0.2, 0.25) is 0 Å². The lowest BCUT2D eigenvalue weighted by Crippen LogP contribution is -2.41.